The first-order valence-electron chi connectivity index (χ1n) is 11.3. The van der Waals surface area contributed by atoms with Gasteiger partial charge in [-0.2, -0.15) is 10.2 Å². The highest BCUT2D eigenvalue weighted by molar-refractivity contribution is 5.78. The fourth-order valence-electron chi connectivity index (χ4n) is 4.57. The van der Waals surface area contributed by atoms with Gasteiger partial charge in [0.1, 0.15) is 0 Å². The average Bonchev–Trinajstić information content (AvgIpc) is 3.53. The summed E-state index contributed by atoms with van der Waals surface area (Å²) >= 11 is 0. The largest absolute Gasteiger partial charge is 0.359 e. The summed E-state index contributed by atoms with van der Waals surface area (Å²) in [6.07, 6.45) is 15.3. The highest BCUT2D eigenvalue weighted by Gasteiger charge is 2.28. The molecule has 5 rings (SSSR count). The van der Waals surface area contributed by atoms with E-state index in [0.717, 1.165) is 53.5 Å². The van der Waals surface area contributed by atoms with Gasteiger partial charge >= 0.3 is 0 Å². The van der Waals surface area contributed by atoms with Gasteiger partial charge in [0.2, 0.25) is 5.91 Å². The van der Waals surface area contributed by atoms with Crippen molar-refractivity contribution in [2.75, 3.05) is 7.05 Å². The van der Waals surface area contributed by atoms with E-state index < -0.39 is 0 Å². The molecule has 0 aliphatic heterocycles. The summed E-state index contributed by atoms with van der Waals surface area (Å²) in [6, 6.07) is 8.40. The molecule has 1 N–H and O–H groups in total. The normalized spacial score (nSPS) is 18.2. The number of amides is 1. The fourth-order valence-corrected chi connectivity index (χ4v) is 4.57. The third-order valence-electron chi connectivity index (χ3n) is 6.38. The standard InChI is InChI=1S/C25H27N7O/c1-26-25(33)19-7-4-8-23(10-19)32-16-22(14-30-32)20-11-27-24(28-12-20)18-6-3-5-17(9-18)21-13-29-31(2)15-21/h3,5-6,9,11-16,19,23H,4,7-8,10H2,1-2H3,(H,26,33). The van der Waals surface area contributed by atoms with E-state index in [0.29, 0.717) is 5.82 Å². The molecule has 0 spiro atoms. The highest BCUT2D eigenvalue weighted by Crippen LogP contribution is 2.33. The van der Waals surface area contributed by atoms with Crippen molar-refractivity contribution < 1.29 is 4.79 Å². The number of nitrogens with zero attached hydrogens (tertiary/aromatic N) is 6. The summed E-state index contributed by atoms with van der Waals surface area (Å²) in [5.74, 6) is 0.868. The molecule has 4 aromatic rings. The van der Waals surface area contributed by atoms with E-state index in [4.69, 9.17) is 0 Å². The number of benzene rings is 1. The fraction of sp³-hybridized carbons (Fsp3) is 0.320. The van der Waals surface area contributed by atoms with Crippen molar-refractivity contribution in [2.24, 2.45) is 13.0 Å². The highest BCUT2D eigenvalue weighted by atomic mass is 16.1. The molecular formula is C25H27N7O. The van der Waals surface area contributed by atoms with Gasteiger partial charge in [-0.3, -0.25) is 14.2 Å². The molecule has 33 heavy (non-hydrogen) atoms. The first-order chi connectivity index (χ1) is 16.1. The number of rotatable bonds is 5. The van der Waals surface area contributed by atoms with Gasteiger partial charge in [0.05, 0.1) is 18.4 Å². The van der Waals surface area contributed by atoms with E-state index in [9.17, 15) is 4.79 Å². The minimum atomic E-state index is 0.0615. The van der Waals surface area contributed by atoms with Crippen LogP contribution in [0.5, 0.6) is 0 Å². The maximum atomic E-state index is 12.1. The summed E-state index contributed by atoms with van der Waals surface area (Å²) in [6.45, 7) is 0. The van der Waals surface area contributed by atoms with E-state index in [2.05, 4.69) is 37.6 Å². The Kier molecular flexibility index (Phi) is 5.73. The zero-order chi connectivity index (χ0) is 22.8. The first kappa shape index (κ1) is 21.1. The third kappa shape index (κ3) is 4.41. The van der Waals surface area contributed by atoms with Gasteiger partial charge in [-0.25, -0.2) is 9.97 Å². The second-order valence-corrected chi connectivity index (χ2v) is 8.62. The van der Waals surface area contributed by atoms with Crippen LogP contribution in [-0.2, 0) is 11.8 Å². The Morgan fingerprint density at radius 1 is 0.939 bits per heavy atom. The van der Waals surface area contributed by atoms with Gasteiger partial charge in [0.25, 0.3) is 0 Å². The van der Waals surface area contributed by atoms with Crippen molar-refractivity contribution in [2.45, 2.75) is 31.7 Å². The molecule has 8 heteroatoms. The van der Waals surface area contributed by atoms with Crippen LogP contribution < -0.4 is 5.32 Å². The molecule has 0 saturated heterocycles. The lowest BCUT2D eigenvalue weighted by Crippen LogP contribution is -2.32. The van der Waals surface area contributed by atoms with Gasteiger partial charge < -0.3 is 5.32 Å². The number of carbonyl (C=O) groups is 1. The molecule has 3 aromatic heterocycles. The Morgan fingerprint density at radius 2 is 1.70 bits per heavy atom. The molecule has 1 aromatic carbocycles. The van der Waals surface area contributed by atoms with E-state index in [1.165, 1.54) is 0 Å². The number of nitrogens with one attached hydrogen (secondary N) is 1. The van der Waals surface area contributed by atoms with Crippen LogP contribution in [-0.4, -0.2) is 42.5 Å². The van der Waals surface area contributed by atoms with Gasteiger partial charge in [0.15, 0.2) is 5.82 Å². The van der Waals surface area contributed by atoms with Crippen molar-refractivity contribution in [3.05, 3.63) is 61.4 Å². The molecule has 2 unspecified atom stereocenters. The van der Waals surface area contributed by atoms with Crippen molar-refractivity contribution in [3.8, 4) is 33.6 Å². The lowest BCUT2D eigenvalue weighted by molar-refractivity contribution is -0.125. The number of hydrogen-bond acceptors (Lipinski definition) is 5. The summed E-state index contributed by atoms with van der Waals surface area (Å²) in [7, 11) is 3.61. The summed E-state index contributed by atoms with van der Waals surface area (Å²) in [5.41, 5.74) is 5.00. The predicted octanol–water partition coefficient (Wildman–Crippen LogP) is 3.88. The smallest absolute Gasteiger partial charge is 0.222 e. The van der Waals surface area contributed by atoms with Crippen LogP contribution in [0, 0.1) is 5.92 Å². The average molecular weight is 442 g/mol. The summed E-state index contributed by atoms with van der Waals surface area (Å²) < 4.78 is 3.79. The van der Waals surface area contributed by atoms with Crippen LogP contribution in [0.15, 0.2) is 61.4 Å². The lowest BCUT2D eigenvalue weighted by Gasteiger charge is -2.28. The lowest BCUT2D eigenvalue weighted by atomic mass is 9.85. The van der Waals surface area contributed by atoms with Gasteiger partial charge in [-0.1, -0.05) is 24.6 Å². The molecule has 1 amide bonds. The second kappa shape index (κ2) is 8.97. The quantitative estimate of drug-likeness (QED) is 0.507. The Balaban J connectivity index is 1.33. The number of carbonyl (C=O) groups excluding carboxylic acids is 1. The Morgan fingerprint density at radius 3 is 2.45 bits per heavy atom. The second-order valence-electron chi connectivity index (χ2n) is 8.62. The number of hydrogen-bond donors (Lipinski definition) is 1. The van der Waals surface area contributed by atoms with Crippen molar-refractivity contribution in [3.63, 3.8) is 0 Å². The van der Waals surface area contributed by atoms with Crippen LogP contribution in [0.25, 0.3) is 33.6 Å². The summed E-state index contributed by atoms with van der Waals surface area (Å²) in [4.78, 5) is 21.3. The minimum Gasteiger partial charge on any atom is -0.359 e. The minimum absolute atomic E-state index is 0.0615. The predicted molar refractivity (Wildman–Crippen MR) is 126 cm³/mol. The van der Waals surface area contributed by atoms with Gasteiger partial charge in [-0.05, 0) is 30.9 Å². The van der Waals surface area contributed by atoms with Crippen molar-refractivity contribution >= 4 is 5.91 Å². The molecular weight excluding hydrogens is 414 g/mol. The Bertz CT molecular complexity index is 1260. The molecule has 0 radical (unpaired) electrons. The monoisotopic (exact) mass is 441 g/mol. The molecule has 1 fully saturated rings. The van der Waals surface area contributed by atoms with E-state index in [-0.39, 0.29) is 17.9 Å². The summed E-state index contributed by atoms with van der Waals surface area (Å²) in [5, 5.41) is 11.6. The van der Waals surface area contributed by atoms with Gasteiger partial charge in [-0.15, -0.1) is 0 Å². The molecule has 168 valence electrons. The molecule has 1 saturated carbocycles. The molecule has 8 nitrogen and oxygen atoms in total. The van der Waals surface area contributed by atoms with E-state index in [1.54, 1.807) is 11.7 Å². The SMILES string of the molecule is CNC(=O)C1CCCC(n2cc(-c3cnc(-c4cccc(-c5cnn(C)c5)c4)nc3)cn2)C1. The molecule has 0 bridgehead atoms. The Labute approximate surface area is 192 Å². The van der Waals surface area contributed by atoms with Gasteiger partial charge in [0, 0.05) is 67.1 Å². The van der Waals surface area contributed by atoms with Crippen molar-refractivity contribution in [1.29, 1.82) is 0 Å². The van der Waals surface area contributed by atoms with Crippen LogP contribution in [0.4, 0.5) is 0 Å². The molecule has 3 heterocycles. The van der Waals surface area contributed by atoms with Crippen LogP contribution >= 0.6 is 0 Å². The third-order valence-corrected chi connectivity index (χ3v) is 6.38. The van der Waals surface area contributed by atoms with Crippen LogP contribution in [0.2, 0.25) is 0 Å². The zero-order valence-electron chi connectivity index (χ0n) is 18.8. The van der Waals surface area contributed by atoms with Crippen molar-refractivity contribution in [1.82, 2.24) is 34.8 Å². The number of aromatic nitrogens is 6. The van der Waals surface area contributed by atoms with E-state index in [1.807, 2.05) is 61.0 Å². The molecule has 1 aliphatic carbocycles. The Hall–Kier alpha value is -3.81. The maximum Gasteiger partial charge on any atom is 0.222 e. The topological polar surface area (TPSA) is 90.5 Å². The first-order valence-corrected chi connectivity index (χ1v) is 11.3. The number of aryl methyl sites for hydroxylation is 1. The molecule has 1 aliphatic rings. The van der Waals surface area contributed by atoms with E-state index >= 15 is 0 Å². The zero-order valence-corrected chi connectivity index (χ0v) is 18.8. The maximum absolute atomic E-state index is 12.1. The van der Waals surface area contributed by atoms with Crippen LogP contribution in [0.1, 0.15) is 31.7 Å². The van der Waals surface area contributed by atoms with Crippen LogP contribution in [0.3, 0.4) is 0 Å². The molecule has 2 atom stereocenters.